The van der Waals surface area contributed by atoms with E-state index in [1.165, 1.54) is 28.9 Å². The standard InChI is InChI=1S/C39H62N10O10/c1-20(2)30(35(55)44-25(38(58)59)9-6-16-43-39(41)42)46-32(52)28-11-8-18-49(28)37(57)31(21(3)4)47-33(53)27-10-7-17-48(27)36(56)26(45-34(54)29(40)22(5)50)19-23-12-14-24(51)15-13-23/h12-15,20-22,25-31,50-51H,6-11,16-19,40H2,1-5H3,(H,44,55)(H,45,54)(H,46,52)(H,47,53)(H,58,59)(H4,41,42,43)/t22-,25+,26+,27+,28+,29+,30+,31+/m1/s1. The SMILES string of the molecule is CC(C)[C@H](NC(=O)[C@@H]1CCCN1C(=O)[C@@H](NC(=O)[C@@H]1CCCN1C(=O)[C@H](Cc1ccc(O)cc1)NC(=O)[C@@H](N)[C@@H](C)O)C(C)C)C(=O)N[C@@H](CCCN=C(N)N)C(=O)O. The maximum absolute atomic E-state index is 14.2. The van der Waals surface area contributed by atoms with Crippen molar-refractivity contribution in [3.63, 3.8) is 0 Å². The third-order valence-corrected chi connectivity index (χ3v) is 10.5. The van der Waals surface area contributed by atoms with Gasteiger partial charge in [-0.15, -0.1) is 0 Å². The Kier molecular flexibility index (Phi) is 17.9. The van der Waals surface area contributed by atoms with Crippen LogP contribution >= 0.6 is 0 Å². The molecule has 3 rings (SSSR count). The molecule has 0 unspecified atom stereocenters. The second kappa shape index (κ2) is 22.0. The molecule has 13 N–H and O–H groups in total. The van der Waals surface area contributed by atoms with E-state index in [2.05, 4.69) is 26.3 Å². The predicted octanol–water partition coefficient (Wildman–Crippen LogP) is -1.99. The highest BCUT2D eigenvalue weighted by Gasteiger charge is 2.43. The van der Waals surface area contributed by atoms with Crippen molar-refractivity contribution in [3.8, 4) is 5.75 Å². The molecular weight excluding hydrogens is 768 g/mol. The largest absolute Gasteiger partial charge is 0.508 e. The number of benzene rings is 1. The van der Waals surface area contributed by atoms with Gasteiger partial charge in [-0.3, -0.25) is 33.8 Å². The molecule has 6 amide bonds. The van der Waals surface area contributed by atoms with Crippen molar-refractivity contribution in [2.24, 2.45) is 34.0 Å². The number of aromatic hydroxyl groups is 1. The Morgan fingerprint density at radius 1 is 0.763 bits per heavy atom. The van der Waals surface area contributed by atoms with Gasteiger partial charge >= 0.3 is 5.97 Å². The molecule has 2 aliphatic rings. The molecule has 0 aliphatic carbocycles. The lowest BCUT2D eigenvalue weighted by Gasteiger charge is -2.34. The van der Waals surface area contributed by atoms with Crippen LogP contribution in [0.15, 0.2) is 29.3 Å². The number of phenolic OH excluding ortho intramolecular Hbond substituents is 1. The molecule has 0 spiro atoms. The summed E-state index contributed by atoms with van der Waals surface area (Å²) in [5.41, 5.74) is 17.1. The van der Waals surface area contributed by atoms with Gasteiger partial charge in [0.25, 0.3) is 0 Å². The smallest absolute Gasteiger partial charge is 0.326 e. The van der Waals surface area contributed by atoms with Crippen LogP contribution in [0.3, 0.4) is 0 Å². The van der Waals surface area contributed by atoms with Crippen LogP contribution < -0.4 is 38.5 Å². The highest BCUT2D eigenvalue weighted by molar-refractivity contribution is 5.97. The van der Waals surface area contributed by atoms with E-state index in [4.69, 9.17) is 17.2 Å². The molecule has 0 saturated carbocycles. The number of guanidine groups is 1. The van der Waals surface area contributed by atoms with Crippen LogP contribution in [0, 0.1) is 11.8 Å². The molecule has 1 aromatic carbocycles. The van der Waals surface area contributed by atoms with Gasteiger partial charge in [-0.2, -0.15) is 0 Å². The average Bonchev–Trinajstić information content (AvgIpc) is 3.87. The molecule has 0 aromatic heterocycles. The molecule has 2 heterocycles. The number of aliphatic imine (C=N–C) groups is 1. The van der Waals surface area contributed by atoms with Gasteiger partial charge < -0.3 is 63.6 Å². The van der Waals surface area contributed by atoms with E-state index < -0.39 is 102 Å². The van der Waals surface area contributed by atoms with Gasteiger partial charge in [0.1, 0.15) is 48.0 Å². The normalized spacial score (nSPS) is 19.5. The Hall–Kier alpha value is -5.50. The highest BCUT2D eigenvalue weighted by Crippen LogP contribution is 2.24. The van der Waals surface area contributed by atoms with Gasteiger partial charge in [0.2, 0.25) is 35.4 Å². The van der Waals surface area contributed by atoms with Crippen molar-refractivity contribution >= 4 is 47.4 Å². The minimum atomic E-state index is -1.33. The van der Waals surface area contributed by atoms with Crippen LogP contribution in [0.25, 0.3) is 0 Å². The summed E-state index contributed by atoms with van der Waals surface area (Å²) >= 11 is 0. The molecule has 59 heavy (non-hydrogen) atoms. The first-order chi connectivity index (χ1) is 27.7. The first kappa shape index (κ1) is 47.9. The Bertz CT molecular complexity index is 1680. The fourth-order valence-electron chi connectivity index (χ4n) is 7.11. The van der Waals surface area contributed by atoms with E-state index >= 15 is 0 Å². The number of amides is 6. The van der Waals surface area contributed by atoms with Crippen molar-refractivity contribution in [2.45, 2.75) is 128 Å². The van der Waals surface area contributed by atoms with Gasteiger partial charge in [0.15, 0.2) is 5.96 Å². The molecule has 20 heteroatoms. The third-order valence-electron chi connectivity index (χ3n) is 10.5. The van der Waals surface area contributed by atoms with Crippen LogP contribution in [0.2, 0.25) is 0 Å². The summed E-state index contributed by atoms with van der Waals surface area (Å²) in [6.45, 7) is 8.73. The molecule has 0 radical (unpaired) electrons. The quantitative estimate of drug-likeness (QED) is 0.0387. The Morgan fingerprint density at radius 2 is 1.27 bits per heavy atom. The van der Waals surface area contributed by atoms with E-state index in [1.807, 2.05) is 0 Å². The fourth-order valence-corrected chi connectivity index (χ4v) is 7.11. The number of rotatable bonds is 20. The topological polar surface area (TPSA) is 325 Å². The number of carboxylic acid groups (broad SMARTS) is 1. The molecule has 2 fully saturated rings. The Labute approximate surface area is 344 Å². The molecule has 328 valence electrons. The first-order valence-corrected chi connectivity index (χ1v) is 20.1. The molecular formula is C39H62N10O10. The summed E-state index contributed by atoms with van der Waals surface area (Å²) in [4.78, 5) is 101. The number of carboxylic acids is 1. The second-order valence-electron chi connectivity index (χ2n) is 15.9. The van der Waals surface area contributed by atoms with Crippen LogP contribution in [-0.4, -0.2) is 141 Å². The summed E-state index contributed by atoms with van der Waals surface area (Å²) in [6.07, 6.45) is 0.578. The summed E-state index contributed by atoms with van der Waals surface area (Å²) < 4.78 is 0. The summed E-state index contributed by atoms with van der Waals surface area (Å²) in [7, 11) is 0. The first-order valence-electron chi connectivity index (χ1n) is 20.1. The predicted molar refractivity (Wildman–Crippen MR) is 216 cm³/mol. The zero-order chi connectivity index (χ0) is 44.1. The van der Waals surface area contributed by atoms with Crippen molar-refractivity contribution in [3.05, 3.63) is 29.8 Å². The maximum atomic E-state index is 14.2. The summed E-state index contributed by atoms with van der Waals surface area (Å²) in [5.74, 6) is -6.09. The van der Waals surface area contributed by atoms with E-state index in [-0.39, 0.29) is 63.4 Å². The number of nitrogens with two attached hydrogens (primary N) is 3. The number of hydrogen-bond acceptors (Lipinski definition) is 11. The number of nitrogens with one attached hydrogen (secondary N) is 4. The van der Waals surface area contributed by atoms with Gasteiger partial charge in [-0.1, -0.05) is 39.8 Å². The number of phenols is 1. The monoisotopic (exact) mass is 830 g/mol. The lowest BCUT2D eigenvalue weighted by molar-refractivity contribution is -0.145. The molecule has 2 saturated heterocycles. The van der Waals surface area contributed by atoms with E-state index in [9.17, 15) is 48.9 Å². The molecule has 20 nitrogen and oxygen atoms in total. The van der Waals surface area contributed by atoms with Crippen molar-refractivity contribution in [1.29, 1.82) is 0 Å². The molecule has 1 aromatic rings. The van der Waals surface area contributed by atoms with Gasteiger partial charge in [0, 0.05) is 26.1 Å². The summed E-state index contributed by atoms with van der Waals surface area (Å²) in [6, 6.07) is -1.93. The minimum absolute atomic E-state index is 0.00514. The Balaban J connectivity index is 1.74. The highest BCUT2D eigenvalue weighted by atomic mass is 16.4. The van der Waals surface area contributed by atoms with Crippen molar-refractivity contribution in [2.75, 3.05) is 19.6 Å². The van der Waals surface area contributed by atoms with Crippen LogP contribution in [0.1, 0.15) is 78.7 Å². The molecule has 8 atom stereocenters. The van der Waals surface area contributed by atoms with Gasteiger partial charge in [0.05, 0.1) is 6.10 Å². The number of aliphatic hydroxyl groups excluding tert-OH is 1. The summed E-state index contributed by atoms with van der Waals surface area (Å²) in [5, 5.41) is 40.0. The number of aliphatic carboxylic acids is 1. The minimum Gasteiger partial charge on any atom is -0.508 e. The van der Waals surface area contributed by atoms with Crippen LogP contribution in [-0.2, 0) is 40.0 Å². The Morgan fingerprint density at radius 3 is 1.76 bits per heavy atom. The maximum Gasteiger partial charge on any atom is 0.326 e. The number of nitrogens with zero attached hydrogens (tertiary/aromatic N) is 3. The van der Waals surface area contributed by atoms with Crippen LogP contribution in [0.5, 0.6) is 5.75 Å². The molecule has 0 bridgehead atoms. The number of carbonyl (C=O) groups excluding carboxylic acids is 6. The average molecular weight is 831 g/mol. The van der Waals surface area contributed by atoms with Crippen molar-refractivity contribution < 1.29 is 48.9 Å². The fraction of sp³-hybridized carbons (Fsp3) is 0.641. The zero-order valence-electron chi connectivity index (χ0n) is 34.4. The zero-order valence-corrected chi connectivity index (χ0v) is 34.4. The van der Waals surface area contributed by atoms with Gasteiger partial charge in [-0.05, 0) is 75.0 Å². The second-order valence-corrected chi connectivity index (χ2v) is 15.9. The van der Waals surface area contributed by atoms with Crippen LogP contribution in [0.4, 0.5) is 0 Å². The van der Waals surface area contributed by atoms with Crippen molar-refractivity contribution in [1.82, 2.24) is 31.1 Å². The lowest BCUT2D eigenvalue weighted by Crippen LogP contribution is -2.61. The number of likely N-dealkylation sites (tertiary alicyclic amines) is 2. The third kappa shape index (κ3) is 13.5. The molecule has 2 aliphatic heterocycles. The van der Waals surface area contributed by atoms with E-state index in [0.29, 0.717) is 18.4 Å². The number of aliphatic hydroxyl groups is 1. The number of hydrogen-bond donors (Lipinski definition) is 10. The van der Waals surface area contributed by atoms with Gasteiger partial charge in [-0.25, -0.2) is 4.79 Å². The van der Waals surface area contributed by atoms with E-state index in [1.54, 1.807) is 39.8 Å². The lowest BCUT2D eigenvalue weighted by atomic mass is 10.00. The number of carbonyl (C=O) groups is 7. The van der Waals surface area contributed by atoms with E-state index in [0.717, 1.165) is 0 Å².